The van der Waals surface area contributed by atoms with Crippen LogP contribution in [0.4, 0.5) is 0 Å². The molecule has 8 aliphatic rings. The molecule has 18 rings (SSSR count). The van der Waals surface area contributed by atoms with E-state index in [1.165, 1.54) is 98.9 Å². The molecule has 3 aromatic heterocycles. The highest BCUT2D eigenvalue weighted by Crippen LogP contribution is 2.62. The van der Waals surface area contributed by atoms with Crippen LogP contribution in [0, 0.1) is 35.5 Å². The lowest BCUT2D eigenvalue weighted by Crippen LogP contribution is -2.48. The van der Waals surface area contributed by atoms with Gasteiger partial charge in [-0.25, -0.2) is 9.97 Å². The van der Waals surface area contributed by atoms with Crippen LogP contribution in [0.25, 0.3) is 94.5 Å². The van der Waals surface area contributed by atoms with E-state index < -0.39 is 0 Å². The summed E-state index contributed by atoms with van der Waals surface area (Å²) in [6, 6.07) is 61.1. The van der Waals surface area contributed by atoms with Gasteiger partial charge in [0.1, 0.15) is 11.2 Å². The Balaban J connectivity index is 0.867. The molecular weight excluding hydrogens is 851 g/mol. The highest BCUT2D eigenvalue weighted by molar-refractivity contribution is 6.12. The lowest BCUT2D eigenvalue weighted by atomic mass is 9.48. The lowest BCUT2D eigenvalue weighted by molar-refractivity contribution is -0.00530. The van der Waals surface area contributed by atoms with Crippen LogP contribution in [0.5, 0.6) is 0 Å². The van der Waals surface area contributed by atoms with E-state index in [-0.39, 0.29) is 0 Å². The zero-order valence-corrected chi connectivity index (χ0v) is 39.8. The van der Waals surface area contributed by atoms with Gasteiger partial charge in [-0.05, 0) is 189 Å². The predicted octanol–water partition coefficient (Wildman–Crippen LogP) is 17.1. The van der Waals surface area contributed by atoms with Crippen LogP contribution in [-0.2, 0) is 10.8 Å². The van der Waals surface area contributed by atoms with Crippen LogP contribution in [0.3, 0.4) is 0 Å². The number of hydrogen-bond donors (Lipinski definition) is 0. The summed E-state index contributed by atoms with van der Waals surface area (Å²) in [7, 11) is 0. The summed E-state index contributed by atoms with van der Waals surface area (Å²) in [6.07, 6.45) is 16.9. The van der Waals surface area contributed by atoms with E-state index in [1.807, 2.05) is 0 Å². The van der Waals surface area contributed by atoms with Crippen molar-refractivity contribution in [1.29, 1.82) is 0 Å². The van der Waals surface area contributed by atoms with Crippen molar-refractivity contribution in [3.8, 4) is 50.7 Å². The first kappa shape index (κ1) is 40.0. The molecule has 342 valence electrons. The van der Waals surface area contributed by atoms with Crippen LogP contribution >= 0.6 is 0 Å². The van der Waals surface area contributed by atoms with Gasteiger partial charge in [0.2, 0.25) is 0 Å². The maximum absolute atomic E-state index is 6.82. The zero-order chi connectivity index (χ0) is 45.7. The molecule has 0 unspecified atom stereocenters. The van der Waals surface area contributed by atoms with Crippen LogP contribution < -0.4 is 0 Å². The van der Waals surface area contributed by atoms with Gasteiger partial charge in [-0.15, -0.1) is 0 Å². The Kier molecular flexibility index (Phi) is 8.50. The second-order valence-corrected chi connectivity index (χ2v) is 23.4. The van der Waals surface area contributed by atoms with Gasteiger partial charge < -0.3 is 8.98 Å². The van der Waals surface area contributed by atoms with Gasteiger partial charge in [-0.1, -0.05) is 115 Å². The van der Waals surface area contributed by atoms with Gasteiger partial charge in [0.25, 0.3) is 0 Å². The third-order valence-electron chi connectivity index (χ3n) is 19.1. The molecular formula is C66H57N3O. The minimum Gasteiger partial charge on any atom is -0.455 e. The molecule has 8 bridgehead atoms. The van der Waals surface area contributed by atoms with Crippen molar-refractivity contribution >= 4 is 43.7 Å². The first-order valence-corrected chi connectivity index (χ1v) is 26.6. The van der Waals surface area contributed by atoms with Crippen molar-refractivity contribution in [2.75, 3.05) is 0 Å². The molecule has 0 N–H and O–H groups in total. The van der Waals surface area contributed by atoms with Crippen molar-refractivity contribution in [1.82, 2.24) is 14.5 Å². The summed E-state index contributed by atoms with van der Waals surface area (Å²) >= 11 is 0. The van der Waals surface area contributed by atoms with E-state index >= 15 is 0 Å². The maximum atomic E-state index is 6.82. The molecule has 0 aliphatic heterocycles. The Morgan fingerprint density at radius 1 is 0.400 bits per heavy atom. The van der Waals surface area contributed by atoms with Gasteiger partial charge in [0, 0.05) is 49.5 Å². The summed E-state index contributed by atoms with van der Waals surface area (Å²) in [5, 5.41) is 4.70. The number of benzene rings is 7. The fourth-order valence-corrected chi connectivity index (χ4v) is 17.0. The fourth-order valence-electron chi connectivity index (χ4n) is 17.0. The average Bonchev–Trinajstić information content (AvgIpc) is 3.93. The van der Waals surface area contributed by atoms with E-state index in [0.29, 0.717) is 10.8 Å². The van der Waals surface area contributed by atoms with E-state index in [2.05, 4.69) is 168 Å². The largest absolute Gasteiger partial charge is 0.455 e. The molecule has 70 heavy (non-hydrogen) atoms. The molecule has 0 saturated heterocycles. The molecule has 0 radical (unpaired) electrons. The first-order valence-electron chi connectivity index (χ1n) is 26.6. The number of para-hydroxylation sites is 3. The van der Waals surface area contributed by atoms with E-state index in [9.17, 15) is 0 Å². The molecule has 10 aromatic rings. The Morgan fingerprint density at radius 3 is 1.54 bits per heavy atom. The number of furan rings is 1. The molecule has 8 fully saturated rings. The van der Waals surface area contributed by atoms with Gasteiger partial charge in [0.05, 0.1) is 22.4 Å². The second-order valence-electron chi connectivity index (χ2n) is 23.4. The van der Waals surface area contributed by atoms with Gasteiger partial charge >= 0.3 is 0 Å². The van der Waals surface area contributed by atoms with E-state index in [0.717, 1.165) is 108 Å². The number of aromatic nitrogens is 3. The fraction of sp³-hybridized carbons (Fsp3) is 0.303. The molecule has 8 saturated carbocycles. The van der Waals surface area contributed by atoms with Gasteiger partial charge in [-0.3, -0.25) is 0 Å². The normalized spacial score (nSPS) is 27.4. The topological polar surface area (TPSA) is 43.9 Å². The molecule has 8 aliphatic carbocycles. The number of rotatable bonds is 7. The average molecular weight is 908 g/mol. The van der Waals surface area contributed by atoms with Crippen molar-refractivity contribution in [3.63, 3.8) is 0 Å². The first-order chi connectivity index (χ1) is 34.5. The Morgan fingerprint density at radius 2 is 0.914 bits per heavy atom. The van der Waals surface area contributed by atoms with Crippen LogP contribution in [-0.4, -0.2) is 14.5 Å². The van der Waals surface area contributed by atoms with Crippen LogP contribution in [0.2, 0.25) is 0 Å². The predicted molar refractivity (Wildman–Crippen MR) is 285 cm³/mol. The summed E-state index contributed by atoms with van der Waals surface area (Å²) in [5.74, 6) is 6.19. The molecule has 4 nitrogen and oxygen atoms in total. The highest BCUT2D eigenvalue weighted by atomic mass is 16.3. The molecule has 0 amide bonds. The van der Waals surface area contributed by atoms with Crippen molar-refractivity contribution in [3.05, 3.63) is 175 Å². The third kappa shape index (κ3) is 6.14. The molecule has 0 spiro atoms. The Bertz CT molecular complexity index is 3650. The number of fused-ring (bicyclic) bond motifs is 6. The lowest BCUT2D eigenvalue weighted by Gasteiger charge is -2.57. The monoisotopic (exact) mass is 907 g/mol. The SMILES string of the molecule is c1ccc(-n2c3ccccc3c3ccc(-c4nc(-c5ccc(C67CC8CC(CC(C8)C6)C7)cc5)cc(-c5cc(-c6ccc(C78CC9CC(CC(C9)C7)C8)cc6)c6oc7ccccc7c6c5)n4)cc32)cc1. The zero-order valence-electron chi connectivity index (χ0n) is 39.8. The van der Waals surface area contributed by atoms with Gasteiger partial charge in [0.15, 0.2) is 5.82 Å². The molecule has 7 aromatic carbocycles. The third-order valence-corrected chi connectivity index (χ3v) is 19.1. The van der Waals surface area contributed by atoms with E-state index in [1.54, 1.807) is 11.1 Å². The van der Waals surface area contributed by atoms with Crippen LogP contribution in [0.15, 0.2) is 168 Å². The van der Waals surface area contributed by atoms with Crippen molar-refractivity contribution in [2.45, 2.75) is 87.9 Å². The maximum Gasteiger partial charge on any atom is 0.160 e. The minimum absolute atomic E-state index is 0.342. The summed E-state index contributed by atoms with van der Waals surface area (Å²) in [6.45, 7) is 0. The number of hydrogen-bond acceptors (Lipinski definition) is 3. The minimum atomic E-state index is 0.342. The Hall–Kier alpha value is -6.78. The Labute approximate surface area is 409 Å². The summed E-state index contributed by atoms with van der Waals surface area (Å²) in [5.41, 5.74) is 16.4. The standard InChI is InChI=1S/C66H57N3O/c1-2-8-52(9-3-1)69-60-12-6-4-10-53(60)54-23-18-48(32-61(54)69)64-67-58(47-16-21-51(22-17-47)66-37-43-27-44(38-66)29-45(28-43)39-66)33-59(68-64)49-30-56(63-57(31-49)55-11-5-7-13-62(55)70-63)46-14-19-50(20-15-46)65-34-40-24-41(35-65)26-42(25-40)36-65/h1-23,30-33,40-45H,24-29,34-39H2. The van der Waals surface area contributed by atoms with Crippen molar-refractivity contribution < 1.29 is 4.42 Å². The van der Waals surface area contributed by atoms with Crippen LogP contribution in [0.1, 0.15) is 88.2 Å². The second kappa shape index (κ2) is 14.9. The summed E-state index contributed by atoms with van der Waals surface area (Å²) in [4.78, 5) is 11.1. The molecule has 4 heteroatoms. The smallest absolute Gasteiger partial charge is 0.160 e. The quantitative estimate of drug-likeness (QED) is 0.160. The van der Waals surface area contributed by atoms with Crippen molar-refractivity contribution in [2.24, 2.45) is 35.5 Å². The molecule has 3 heterocycles. The number of nitrogens with zero attached hydrogens (tertiary/aromatic N) is 3. The van der Waals surface area contributed by atoms with E-state index in [4.69, 9.17) is 14.4 Å². The summed E-state index contributed by atoms with van der Waals surface area (Å²) < 4.78 is 9.21. The highest BCUT2D eigenvalue weighted by Gasteiger charge is 2.52. The molecule has 0 atom stereocenters. The van der Waals surface area contributed by atoms with Gasteiger partial charge in [-0.2, -0.15) is 0 Å².